The molecule has 0 spiro atoms. The second-order valence-electron chi connectivity index (χ2n) is 4.36. The molecule has 2 N–H and O–H groups in total. The van der Waals surface area contributed by atoms with E-state index < -0.39 is 12.5 Å². The Kier molecular flexibility index (Phi) is 3.21. The van der Waals surface area contributed by atoms with Gasteiger partial charge in [0.1, 0.15) is 0 Å². The van der Waals surface area contributed by atoms with Crippen LogP contribution in [0.15, 0.2) is 30.3 Å². The van der Waals surface area contributed by atoms with E-state index in [1.807, 2.05) is 30.3 Å². The molecule has 4 heteroatoms. The molecular formula is C12H16F2N2. The van der Waals surface area contributed by atoms with Crippen LogP contribution in [0.5, 0.6) is 0 Å². The maximum atomic E-state index is 13.0. The van der Waals surface area contributed by atoms with Crippen LogP contribution >= 0.6 is 0 Å². The van der Waals surface area contributed by atoms with Crippen LogP contribution in [0.4, 0.5) is 8.78 Å². The minimum absolute atomic E-state index is 0.216. The van der Waals surface area contributed by atoms with Gasteiger partial charge in [-0.05, 0) is 12.6 Å². The number of rotatable bonds is 2. The van der Waals surface area contributed by atoms with Crippen molar-refractivity contribution >= 4 is 0 Å². The van der Waals surface area contributed by atoms with E-state index in [0.29, 0.717) is 6.54 Å². The van der Waals surface area contributed by atoms with Gasteiger partial charge < -0.3 is 5.73 Å². The van der Waals surface area contributed by atoms with Gasteiger partial charge in [0.25, 0.3) is 6.43 Å². The summed E-state index contributed by atoms with van der Waals surface area (Å²) in [4.78, 5) is 1.66. The number of halogens is 2. The first-order chi connectivity index (χ1) is 7.61. The monoisotopic (exact) mass is 226 g/mol. The zero-order valence-electron chi connectivity index (χ0n) is 9.18. The number of likely N-dealkylation sites (N-methyl/N-ethyl adjacent to an activating group) is 1. The van der Waals surface area contributed by atoms with E-state index in [-0.39, 0.29) is 12.0 Å². The topological polar surface area (TPSA) is 29.3 Å². The Morgan fingerprint density at radius 2 is 1.94 bits per heavy atom. The van der Waals surface area contributed by atoms with E-state index in [1.54, 1.807) is 11.9 Å². The van der Waals surface area contributed by atoms with Gasteiger partial charge in [0, 0.05) is 18.5 Å². The molecule has 0 saturated carbocycles. The highest BCUT2D eigenvalue weighted by Crippen LogP contribution is 2.34. The molecule has 1 aliphatic heterocycles. The number of hydrogen-bond donors (Lipinski definition) is 1. The number of alkyl halides is 2. The summed E-state index contributed by atoms with van der Waals surface area (Å²) >= 11 is 0. The highest BCUT2D eigenvalue weighted by atomic mass is 19.3. The molecule has 1 aromatic carbocycles. The van der Waals surface area contributed by atoms with Gasteiger partial charge in [-0.25, -0.2) is 8.78 Å². The van der Waals surface area contributed by atoms with Crippen molar-refractivity contribution in [1.29, 1.82) is 0 Å². The third-order valence-electron chi connectivity index (χ3n) is 3.28. The van der Waals surface area contributed by atoms with Gasteiger partial charge in [-0.2, -0.15) is 0 Å². The van der Waals surface area contributed by atoms with E-state index in [4.69, 9.17) is 5.73 Å². The zero-order chi connectivity index (χ0) is 11.7. The standard InChI is InChI=1S/C12H16F2N2/c1-16-7-9(15)10(11(16)12(13)14)8-5-3-2-4-6-8/h2-6,9-12H,7,15H2,1H3. The van der Waals surface area contributed by atoms with E-state index in [9.17, 15) is 8.78 Å². The van der Waals surface area contributed by atoms with Gasteiger partial charge in [0.05, 0.1) is 6.04 Å². The van der Waals surface area contributed by atoms with Crippen LogP contribution in [0.25, 0.3) is 0 Å². The summed E-state index contributed by atoms with van der Waals surface area (Å²) in [5.41, 5.74) is 6.86. The van der Waals surface area contributed by atoms with Crippen LogP contribution < -0.4 is 5.73 Å². The predicted octanol–water partition coefficient (Wildman–Crippen LogP) is 1.68. The maximum absolute atomic E-state index is 13.0. The molecule has 1 saturated heterocycles. The third-order valence-corrected chi connectivity index (χ3v) is 3.28. The quantitative estimate of drug-likeness (QED) is 0.831. The molecule has 3 atom stereocenters. The Morgan fingerprint density at radius 1 is 1.31 bits per heavy atom. The molecule has 1 fully saturated rings. The summed E-state index contributed by atoms with van der Waals surface area (Å²) < 4.78 is 26.0. The van der Waals surface area contributed by atoms with Gasteiger partial charge in [0.15, 0.2) is 0 Å². The SMILES string of the molecule is CN1CC(N)C(c2ccccc2)C1C(F)F. The van der Waals surface area contributed by atoms with E-state index in [0.717, 1.165) is 5.56 Å². The van der Waals surface area contributed by atoms with E-state index in [2.05, 4.69) is 0 Å². The molecule has 3 unspecified atom stereocenters. The highest BCUT2D eigenvalue weighted by molar-refractivity contribution is 5.25. The van der Waals surface area contributed by atoms with Crippen LogP contribution in [0.1, 0.15) is 11.5 Å². The normalized spacial score (nSPS) is 31.2. The Hall–Kier alpha value is -1.00. The van der Waals surface area contributed by atoms with Gasteiger partial charge in [-0.3, -0.25) is 4.90 Å². The first kappa shape index (κ1) is 11.5. The lowest BCUT2D eigenvalue weighted by Gasteiger charge is -2.25. The predicted molar refractivity (Wildman–Crippen MR) is 59.6 cm³/mol. The number of likely N-dealkylation sites (tertiary alicyclic amines) is 1. The Balaban J connectivity index is 2.31. The number of nitrogens with zero attached hydrogens (tertiary/aromatic N) is 1. The molecule has 0 amide bonds. The van der Waals surface area contributed by atoms with Crippen molar-refractivity contribution in [3.05, 3.63) is 35.9 Å². The van der Waals surface area contributed by atoms with Crippen LogP contribution in [0.2, 0.25) is 0 Å². The van der Waals surface area contributed by atoms with Gasteiger partial charge >= 0.3 is 0 Å². The largest absolute Gasteiger partial charge is 0.326 e. The van der Waals surface area contributed by atoms with Crippen LogP contribution in [-0.4, -0.2) is 37.0 Å². The van der Waals surface area contributed by atoms with Crippen LogP contribution in [-0.2, 0) is 0 Å². The second kappa shape index (κ2) is 4.47. The summed E-state index contributed by atoms with van der Waals surface area (Å²) in [6.45, 7) is 0.522. The molecule has 1 aromatic rings. The molecular weight excluding hydrogens is 210 g/mol. The summed E-state index contributed by atoms with van der Waals surface area (Å²) in [5, 5.41) is 0. The van der Waals surface area contributed by atoms with Crippen molar-refractivity contribution in [2.24, 2.45) is 5.73 Å². The molecule has 2 rings (SSSR count). The van der Waals surface area contributed by atoms with E-state index in [1.165, 1.54) is 0 Å². The van der Waals surface area contributed by atoms with Crippen molar-refractivity contribution in [3.63, 3.8) is 0 Å². The fraction of sp³-hybridized carbons (Fsp3) is 0.500. The molecule has 2 nitrogen and oxygen atoms in total. The van der Waals surface area contributed by atoms with Gasteiger partial charge in [-0.1, -0.05) is 30.3 Å². The zero-order valence-corrected chi connectivity index (χ0v) is 9.18. The molecule has 0 bridgehead atoms. The number of nitrogens with two attached hydrogens (primary N) is 1. The molecule has 0 aliphatic carbocycles. The second-order valence-corrected chi connectivity index (χ2v) is 4.36. The Bertz CT molecular complexity index is 342. The molecule has 1 aliphatic rings. The van der Waals surface area contributed by atoms with E-state index >= 15 is 0 Å². The molecule has 88 valence electrons. The summed E-state index contributed by atoms with van der Waals surface area (Å²) in [6, 6.07) is 8.37. The van der Waals surface area contributed by atoms with Crippen molar-refractivity contribution in [3.8, 4) is 0 Å². The van der Waals surface area contributed by atoms with Crippen molar-refractivity contribution in [1.82, 2.24) is 4.90 Å². The van der Waals surface area contributed by atoms with Crippen LogP contribution in [0, 0.1) is 0 Å². The fourth-order valence-electron chi connectivity index (χ4n) is 2.56. The maximum Gasteiger partial charge on any atom is 0.254 e. The molecule has 0 aromatic heterocycles. The lowest BCUT2D eigenvalue weighted by molar-refractivity contribution is 0.0513. The minimum Gasteiger partial charge on any atom is -0.326 e. The lowest BCUT2D eigenvalue weighted by atomic mass is 9.89. The highest BCUT2D eigenvalue weighted by Gasteiger charge is 2.43. The van der Waals surface area contributed by atoms with Crippen molar-refractivity contribution in [2.75, 3.05) is 13.6 Å². The lowest BCUT2D eigenvalue weighted by Crippen LogP contribution is -2.36. The first-order valence-corrected chi connectivity index (χ1v) is 5.40. The van der Waals surface area contributed by atoms with Gasteiger partial charge in [0.2, 0.25) is 0 Å². The number of benzene rings is 1. The molecule has 0 radical (unpaired) electrons. The molecule has 16 heavy (non-hydrogen) atoms. The van der Waals surface area contributed by atoms with Crippen LogP contribution in [0.3, 0.4) is 0 Å². The summed E-state index contributed by atoms with van der Waals surface area (Å²) in [7, 11) is 1.71. The van der Waals surface area contributed by atoms with Crippen molar-refractivity contribution < 1.29 is 8.78 Å². The fourth-order valence-corrected chi connectivity index (χ4v) is 2.56. The molecule has 1 heterocycles. The van der Waals surface area contributed by atoms with Crippen molar-refractivity contribution in [2.45, 2.75) is 24.4 Å². The average Bonchev–Trinajstić information content (AvgIpc) is 2.55. The Labute approximate surface area is 94.0 Å². The number of hydrogen-bond acceptors (Lipinski definition) is 2. The third kappa shape index (κ3) is 1.95. The van der Waals surface area contributed by atoms with Gasteiger partial charge in [-0.15, -0.1) is 0 Å². The summed E-state index contributed by atoms with van der Waals surface area (Å²) in [5.74, 6) is -0.272. The first-order valence-electron chi connectivity index (χ1n) is 5.40. The summed E-state index contributed by atoms with van der Waals surface area (Å²) in [6.07, 6.45) is -2.36. The minimum atomic E-state index is -2.36. The Morgan fingerprint density at radius 3 is 2.50 bits per heavy atom. The smallest absolute Gasteiger partial charge is 0.254 e. The average molecular weight is 226 g/mol.